The van der Waals surface area contributed by atoms with Crippen molar-refractivity contribution in [1.82, 2.24) is 9.47 Å². The molecular weight excluding hydrogens is 655 g/mol. The van der Waals surface area contributed by atoms with E-state index in [9.17, 15) is 4.79 Å². The molecule has 1 unspecified atom stereocenters. The number of pyridine rings is 1. The number of para-hydroxylation sites is 1. The lowest BCUT2D eigenvalue weighted by Gasteiger charge is -2.24. The first-order valence-corrected chi connectivity index (χ1v) is 17.1. The second kappa shape index (κ2) is 16.4. The molecule has 8 heteroatoms. The van der Waals surface area contributed by atoms with Crippen LogP contribution in [0.5, 0.6) is 5.75 Å². The summed E-state index contributed by atoms with van der Waals surface area (Å²) in [5, 5.41) is 0.642. The fraction of sp³-hybridized carbons (Fsp3) is 0.244. The molecule has 0 saturated carbocycles. The first-order chi connectivity index (χ1) is 23.3. The molecular formula is C41H42ClFN2O3S. The molecule has 1 atom stereocenters. The summed E-state index contributed by atoms with van der Waals surface area (Å²) in [6.45, 7) is 6.02. The summed E-state index contributed by atoms with van der Waals surface area (Å²) in [5.74, 6) is 0.462. The molecule has 0 bridgehead atoms. The van der Waals surface area contributed by atoms with Gasteiger partial charge in [-0.2, -0.15) is 0 Å². The summed E-state index contributed by atoms with van der Waals surface area (Å²) in [4.78, 5) is 18.9. The van der Waals surface area contributed by atoms with Gasteiger partial charge >= 0.3 is 0 Å². The van der Waals surface area contributed by atoms with Crippen molar-refractivity contribution in [3.63, 3.8) is 0 Å². The normalized spacial score (nSPS) is 12.0. The Labute approximate surface area is 298 Å². The zero-order valence-corrected chi connectivity index (χ0v) is 29.9. The molecule has 0 amide bonds. The number of halogens is 2. The molecule has 0 aliphatic carbocycles. The van der Waals surface area contributed by atoms with Crippen LogP contribution in [-0.2, 0) is 31.0 Å². The van der Waals surface area contributed by atoms with E-state index < -0.39 is 6.10 Å². The topological polar surface area (TPSA) is 43.7 Å². The molecule has 0 radical (unpaired) electrons. The Kier molecular flexibility index (Phi) is 12.1. The smallest absolute Gasteiger partial charge is 0.196 e. The van der Waals surface area contributed by atoms with Crippen LogP contribution in [0.2, 0.25) is 0 Å². The van der Waals surface area contributed by atoms with Gasteiger partial charge in [0.25, 0.3) is 0 Å². The van der Waals surface area contributed by atoms with Crippen molar-refractivity contribution in [3.8, 4) is 16.2 Å². The molecule has 0 fully saturated rings. The maximum absolute atomic E-state index is 15.2. The molecule has 254 valence electrons. The van der Waals surface area contributed by atoms with Crippen LogP contribution in [0.4, 0.5) is 4.39 Å². The zero-order chi connectivity index (χ0) is 33.6. The highest BCUT2D eigenvalue weighted by Gasteiger charge is 2.28. The fourth-order valence-electron chi connectivity index (χ4n) is 6.27. The summed E-state index contributed by atoms with van der Waals surface area (Å²) in [5.41, 5.74) is 5.14. The monoisotopic (exact) mass is 696 g/mol. The number of fused-ring (bicyclic) bond motifs is 1. The van der Waals surface area contributed by atoms with Crippen molar-refractivity contribution < 1.29 is 13.9 Å². The van der Waals surface area contributed by atoms with E-state index in [0.717, 1.165) is 32.1 Å². The maximum Gasteiger partial charge on any atom is 0.196 e. The van der Waals surface area contributed by atoms with Gasteiger partial charge in [0.1, 0.15) is 16.4 Å². The van der Waals surface area contributed by atoms with Crippen molar-refractivity contribution in [3.05, 3.63) is 159 Å². The lowest BCUT2D eigenvalue weighted by molar-refractivity contribution is 0.00809. The molecule has 0 spiro atoms. The molecule has 4 aromatic carbocycles. The van der Waals surface area contributed by atoms with Crippen LogP contribution in [0.1, 0.15) is 47.8 Å². The average molecular weight is 697 g/mol. The largest absolute Gasteiger partial charge is 0.496 e. The van der Waals surface area contributed by atoms with Gasteiger partial charge in [-0.3, -0.25) is 9.69 Å². The van der Waals surface area contributed by atoms with E-state index in [0.29, 0.717) is 36.2 Å². The van der Waals surface area contributed by atoms with E-state index in [1.807, 2.05) is 89.6 Å². The lowest BCUT2D eigenvalue weighted by Crippen LogP contribution is -2.24. The Hall–Kier alpha value is -4.27. The van der Waals surface area contributed by atoms with Crippen molar-refractivity contribution >= 4 is 34.0 Å². The molecule has 0 aliphatic heterocycles. The van der Waals surface area contributed by atoms with E-state index in [1.165, 1.54) is 11.6 Å². The molecule has 6 aromatic rings. The quantitative estimate of drug-likeness (QED) is 0.121. The molecule has 0 N–H and O–H groups in total. The summed E-state index contributed by atoms with van der Waals surface area (Å²) in [6.07, 6.45) is 1.42. The van der Waals surface area contributed by atoms with Gasteiger partial charge in [-0.1, -0.05) is 105 Å². The van der Waals surface area contributed by atoms with Gasteiger partial charge in [0.2, 0.25) is 0 Å². The summed E-state index contributed by atoms with van der Waals surface area (Å²) >= 11 is 1.55. The van der Waals surface area contributed by atoms with Crippen LogP contribution in [0, 0.1) is 11.7 Å². The van der Waals surface area contributed by atoms with Crippen LogP contribution in [0.25, 0.3) is 20.7 Å². The van der Waals surface area contributed by atoms with E-state index in [2.05, 4.69) is 37.9 Å². The number of hydrogen-bond donors (Lipinski definition) is 0. The van der Waals surface area contributed by atoms with Crippen LogP contribution < -0.4 is 10.2 Å². The Bertz CT molecular complexity index is 2050. The van der Waals surface area contributed by atoms with Gasteiger partial charge in [0, 0.05) is 40.9 Å². The predicted octanol–water partition coefficient (Wildman–Crippen LogP) is 9.89. The molecule has 0 saturated heterocycles. The fourth-order valence-corrected chi connectivity index (χ4v) is 7.59. The van der Waals surface area contributed by atoms with Crippen LogP contribution in [0.3, 0.4) is 0 Å². The number of nitrogens with zero attached hydrogens (tertiary/aromatic N) is 2. The minimum Gasteiger partial charge on any atom is -0.496 e. The molecule has 6 rings (SSSR count). The van der Waals surface area contributed by atoms with Gasteiger partial charge < -0.3 is 14.0 Å². The Morgan fingerprint density at radius 1 is 0.837 bits per heavy atom. The third-order valence-electron chi connectivity index (χ3n) is 8.59. The van der Waals surface area contributed by atoms with Crippen molar-refractivity contribution in [2.45, 2.75) is 46.2 Å². The van der Waals surface area contributed by atoms with Gasteiger partial charge in [-0.25, -0.2) is 4.39 Å². The number of ether oxygens (including phenoxy) is 2. The summed E-state index contributed by atoms with van der Waals surface area (Å²) < 4.78 is 29.6. The third kappa shape index (κ3) is 8.14. The van der Waals surface area contributed by atoms with Gasteiger partial charge in [-0.15, -0.1) is 23.7 Å². The van der Waals surface area contributed by atoms with Crippen LogP contribution in [-0.4, -0.2) is 23.6 Å². The van der Waals surface area contributed by atoms with E-state index >= 15 is 4.39 Å². The maximum atomic E-state index is 15.2. The minimum absolute atomic E-state index is 0. The number of benzene rings is 4. The van der Waals surface area contributed by atoms with E-state index in [-0.39, 0.29) is 36.1 Å². The zero-order valence-electron chi connectivity index (χ0n) is 28.3. The Morgan fingerprint density at radius 2 is 1.47 bits per heavy atom. The Balaban J connectivity index is 0.00000468. The molecule has 0 aliphatic rings. The third-order valence-corrected chi connectivity index (χ3v) is 9.89. The highest BCUT2D eigenvalue weighted by molar-refractivity contribution is 7.22. The summed E-state index contributed by atoms with van der Waals surface area (Å²) in [7, 11) is 3.74. The standard InChI is InChI=1S/C41H41FN2O3S.ClH/c1-28(2)39(47-27-30-17-9-6-10-18-30)34-26-44(24-31-19-11-13-21-35(31)42)41-37(38(34)45)33(25-43(3)23-29-15-7-5-8-16-29)40(48-41)32-20-12-14-22-36(32)46-4;/h5-22,26,28,39H,23-25,27H2,1-4H3;1H. The molecule has 2 heterocycles. The first-order valence-electron chi connectivity index (χ1n) is 16.3. The SMILES string of the molecule is COc1ccccc1-c1sc2c(c1CN(C)Cc1ccccc1)c(=O)c(C(OCc1ccccc1)C(C)C)cn2Cc1ccccc1F.Cl. The van der Waals surface area contributed by atoms with E-state index in [4.69, 9.17) is 9.47 Å². The summed E-state index contributed by atoms with van der Waals surface area (Å²) in [6, 6.07) is 35.1. The highest BCUT2D eigenvalue weighted by atomic mass is 35.5. The number of hydrogen-bond acceptors (Lipinski definition) is 5. The average Bonchev–Trinajstić information content (AvgIpc) is 3.47. The Morgan fingerprint density at radius 3 is 2.14 bits per heavy atom. The number of rotatable bonds is 13. The number of methoxy groups -OCH3 is 1. The minimum atomic E-state index is -0.474. The number of aromatic nitrogens is 1. The van der Waals surface area contributed by atoms with Crippen LogP contribution in [0.15, 0.2) is 120 Å². The van der Waals surface area contributed by atoms with E-state index in [1.54, 1.807) is 30.6 Å². The predicted molar refractivity (Wildman–Crippen MR) is 201 cm³/mol. The number of thiophene rings is 1. The van der Waals surface area contributed by atoms with Gasteiger partial charge in [-0.05, 0) is 47.9 Å². The highest BCUT2D eigenvalue weighted by Crippen LogP contribution is 2.43. The van der Waals surface area contributed by atoms with Gasteiger partial charge in [0.15, 0.2) is 5.43 Å². The molecule has 2 aromatic heterocycles. The van der Waals surface area contributed by atoms with Crippen molar-refractivity contribution in [1.29, 1.82) is 0 Å². The molecule has 5 nitrogen and oxygen atoms in total. The first kappa shape index (κ1) is 36.0. The van der Waals surface area contributed by atoms with Crippen molar-refractivity contribution in [2.24, 2.45) is 5.92 Å². The van der Waals surface area contributed by atoms with Gasteiger partial charge in [0.05, 0.1) is 31.8 Å². The molecule has 49 heavy (non-hydrogen) atoms. The van der Waals surface area contributed by atoms with Crippen molar-refractivity contribution in [2.75, 3.05) is 14.2 Å². The van der Waals surface area contributed by atoms with Crippen LogP contribution >= 0.6 is 23.7 Å². The second-order valence-electron chi connectivity index (χ2n) is 12.5. The second-order valence-corrected chi connectivity index (χ2v) is 13.5. The lowest BCUT2D eigenvalue weighted by atomic mass is 9.97.